The van der Waals surface area contributed by atoms with Crippen molar-refractivity contribution in [1.82, 2.24) is 19.1 Å². The number of hydrogen-bond acceptors (Lipinski definition) is 6. The number of ether oxygens (including phenoxy) is 1. The Labute approximate surface area is 140 Å². The highest BCUT2D eigenvalue weighted by atomic mass is 16.9. The molecule has 7 aliphatic heterocycles. The quantitative estimate of drug-likeness (QED) is 0.407. The van der Waals surface area contributed by atoms with Gasteiger partial charge >= 0.3 is 11.4 Å². The van der Waals surface area contributed by atoms with Crippen LogP contribution in [0.2, 0.25) is 0 Å². The summed E-state index contributed by atoms with van der Waals surface area (Å²) in [7, 11) is 1.52. The molecule has 7 bridgehead atoms. The van der Waals surface area contributed by atoms with Gasteiger partial charge in [0.25, 0.3) is 0 Å². The molecule has 8 heterocycles. The first kappa shape index (κ1) is 12.8. The van der Waals surface area contributed by atoms with Gasteiger partial charge in [-0.25, -0.2) is 33.1 Å². The van der Waals surface area contributed by atoms with Crippen LogP contribution in [-0.4, -0.2) is 61.3 Å². The molecule has 9 aliphatic rings. The first-order valence-corrected chi connectivity index (χ1v) is 9.05. The number of rotatable bonds is 0. The van der Waals surface area contributed by atoms with Crippen LogP contribution in [0.25, 0.3) is 0 Å². The summed E-state index contributed by atoms with van der Waals surface area (Å²) in [6.45, 7) is 1.07. The molecule has 0 aromatic carbocycles. The molecule has 7 fully saturated rings. The predicted octanol–water partition coefficient (Wildman–Crippen LogP) is -1.77. The van der Waals surface area contributed by atoms with Crippen molar-refractivity contribution < 1.29 is 14.3 Å². The molecule has 10 heteroatoms. The van der Waals surface area contributed by atoms with E-state index in [2.05, 4.69) is 0 Å². The second-order valence-electron chi connectivity index (χ2n) is 8.92. The zero-order chi connectivity index (χ0) is 16.7. The molecule has 1 spiro atoms. The van der Waals surface area contributed by atoms with Crippen LogP contribution in [0.1, 0.15) is 24.9 Å². The highest BCUT2D eigenvalue weighted by Gasteiger charge is 2.97. The normalized spacial score (nSPS) is 60.9. The number of aromatic nitrogens is 3. The largest absolute Gasteiger partial charge is 0.609 e. The van der Waals surface area contributed by atoms with Gasteiger partial charge in [0.05, 0.1) is 30.1 Å². The van der Waals surface area contributed by atoms with Gasteiger partial charge in [0.2, 0.25) is 0 Å². The molecule has 5 saturated heterocycles. The number of fused-ring (bicyclic) bond motifs is 1. The Bertz CT molecular complexity index is 1020. The minimum absolute atomic E-state index is 0.0373. The van der Waals surface area contributed by atoms with Crippen molar-refractivity contribution in [3.05, 3.63) is 26.2 Å². The van der Waals surface area contributed by atoms with E-state index in [1.807, 2.05) is 0 Å². The number of quaternary nitrogens is 1. The van der Waals surface area contributed by atoms with E-state index in [4.69, 9.17) is 9.57 Å². The van der Waals surface area contributed by atoms with E-state index in [1.165, 1.54) is 11.6 Å². The molecule has 9 atom stereocenters. The molecule has 25 heavy (non-hydrogen) atoms. The fourth-order valence-corrected chi connectivity index (χ4v) is 8.50. The standard InChI is InChI=1S/C15H17N5O5/c1-16-12(21)17-10-8-9-11(18(17)13(16)22)14-4-24-5-15(10,14)7-3-2-6(14)19(25-9)20(7,8)23/h6-11H,2-5H2,1H3/t6-,7+,8?,9+,10+,11-,14+,15-,20?/m1/s1. The zero-order valence-electron chi connectivity index (χ0n) is 13.6. The Kier molecular flexibility index (Phi) is 1.57. The van der Waals surface area contributed by atoms with Gasteiger partial charge in [-0.2, -0.15) is 0 Å². The number of nitrogens with zero attached hydrogens (tertiary/aromatic N) is 5. The third-order valence-corrected chi connectivity index (χ3v) is 8.88. The third-order valence-electron chi connectivity index (χ3n) is 8.88. The SMILES string of the molecule is Cn1c(=O)n2n(c1=O)[C@@H]1[C@H]3ON4[C@@H]5CC[C@H]6[C@]7(COC[C@]517)[C@@H]2C3[N+]64[O-]. The van der Waals surface area contributed by atoms with E-state index < -0.39 is 4.76 Å². The molecular weight excluding hydrogens is 330 g/mol. The lowest BCUT2D eigenvalue weighted by molar-refractivity contribution is -1.05. The molecule has 0 radical (unpaired) electrons. The van der Waals surface area contributed by atoms with Crippen LogP contribution in [0.4, 0.5) is 0 Å². The Balaban J connectivity index is 1.63. The van der Waals surface area contributed by atoms with Crippen molar-refractivity contribution in [2.45, 2.75) is 49.2 Å². The van der Waals surface area contributed by atoms with Crippen LogP contribution < -0.4 is 11.4 Å². The summed E-state index contributed by atoms with van der Waals surface area (Å²) < 4.78 is 9.99. The topological polar surface area (TPSA) is 93.7 Å². The van der Waals surface area contributed by atoms with Crippen LogP contribution in [-0.2, 0) is 16.6 Å². The summed E-state index contributed by atoms with van der Waals surface area (Å²) in [5.74, 6) is 0. The lowest BCUT2D eigenvalue weighted by atomic mass is 9.44. The Morgan fingerprint density at radius 1 is 1.12 bits per heavy atom. The van der Waals surface area contributed by atoms with Gasteiger partial charge in [0.15, 0.2) is 12.1 Å². The number of hydroxylamine groups is 3. The first-order chi connectivity index (χ1) is 12.0. The van der Waals surface area contributed by atoms with E-state index in [9.17, 15) is 14.8 Å². The molecular formula is C15H17N5O5. The summed E-state index contributed by atoms with van der Waals surface area (Å²) in [6.07, 6.45) is 1.40. The minimum Gasteiger partial charge on any atom is -0.609 e. The fourth-order valence-electron chi connectivity index (χ4n) is 8.50. The van der Waals surface area contributed by atoms with Crippen molar-refractivity contribution >= 4 is 0 Å². The van der Waals surface area contributed by atoms with Gasteiger partial charge in [-0.3, -0.25) is 0 Å². The second-order valence-corrected chi connectivity index (χ2v) is 8.92. The average molecular weight is 347 g/mol. The summed E-state index contributed by atoms with van der Waals surface area (Å²) in [5.41, 5.74) is -1.26. The highest BCUT2D eigenvalue weighted by Crippen LogP contribution is 2.83. The molecule has 10 nitrogen and oxygen atoms in total. The molecule has 2 unspecified atom stereocenters. The second kappa shape index (κ2) is 3.05. The first-order valence-electron chi connectivity index (χ1n) is 9.05. The van der Waals surface area contributed by atoms with Crippen LogP contribution in [0.15, 0.2) is 9.59 Å². The maximum atomic E-state index is 14.1. The zero-order valence-corrected chi connectivity index (χ0v) is 13.6. The van der Waals surface area contributed by atoms with Crippen molar-refractivity contribution in [1.29, 1.82) is 0 Å². The summed E-state index contributed by atoms with van der Waals surface area (Å²) in [6, 6.07) is -1.11. The Morgan fingerprint density at radius 2 is 1.84 bits per heavy atom. The van der Waals surface area contributed by atoms with E-state index in [0.29, 0.717) is 13.2 Å². The van der Waals surface area contributed by atoms with E-state index in [0.717, 1.165) is 12.8 Å². The minimum atomic E-state index is -0.461. The lowest BCUT2D eigenvalue weighted by Gasteiger charge is -2.69. The molecule has 132 valence electrons. The van der Waals surface area contributed by atoms with E-state index in [1.54, 1.807) is 14.5 Å². The maximum absolute atomic E-state index is 14.1. The molecule has 1 aromatic rings. The number of hydrogen-bond donors (Lipinski definition) is 0. The van der Waals surface area contributed by atoms with E-state index >= 15 is 0 Å². The van der Waals surface area contributed by atoms with Crippen LogP contribution >= 0.6 is 0 Å². The maximum Gasteiger partial charge on any atom is 0.347 e. The molecule has 2 aliphatic carbocycles. The van der Waals surface area contributed by atoms with Gasteiger partial charge in [0.1, 0.15) is 18.1 Å². The Morgan fingerprint density at radius 3 is 2.64 bits per heavy atom. The van der Waals surface area contributed by atoms with Gasteiger partial charge in [-0.05, 0) is 11.6 Å². The molecule has 0 N–H and O–H groups in total. The van der Waals surface area contributed by atoms with Crippen molar-refractivity contribution in [3.8, 4) is 0 Å². The van der Waals surface area contributed by atoms with Crippen molar-refractivity contribution in [2.75, 3.05) is 13.2 Å². The summed E-state index contributed by atoms with van der Waals surface area (Å²) >= 11 is 0. The molecule has 0 amide bonds. The van der Waals surface area contributed by atoms with Crippen LogP contribution in [0.5, 0.6) is 0 Å². The Hall–Kier alpha value is -1.46. The van der Waals surface area contributed by atoms with Gasteiger partial charge in [0, 0.05) is 13.5 Å². The highest BCUT2D eigenvalue weighted by molar-refractivity contribution is 5.34. The van der Waals surface area contributed by atoms with Crippen molar-refractivity contribution in [2.24, 2.45) is 17.9 Å². The van der Waals surface area contributed by atoms with Gasteiger partial charge < -0.3 is 9.94 Å². The van der Waals surface area contributed by atoms with Crippen LogP contribution in [0, 0.1) is 16.0 Å². The fraction of sp³-hybridized carbons (Fsp3) is 0.867. The van der Waals surface area contributed by atoms with Gasteiger partial charge in [-0.15, -0.1) is 0 Å². The lowest BCUT2D eigenvalue weighted by Crippen LogP contribution is -2.82. The molecule has 1 aromatic heterocycles. The molecule has 2 saturated carbocycles. The van der Waals surface area contributed by atoms with E-state index in [-0.39, 0.29) is 58.5 Å². The van der Waals surface area contributed by atoms with Crippen LogP contribution in [0.3, 0.4) is 0 Å². The smallest absolute Gasteiger partial charge is 0.347 e. The van der Waals surface area contributed by atoms with Gasteiger partial charge in [-0.1, -0.05) is 0 Å². The van der Waals surface area contributed by atoms with Crippen molar-refractivity contribution in [3.63, 3.8) is 0 Å². The average Bonchev–Trinajstić information content (AvgIpc) is 3.27. The third kappa shape index (κ3) is 0.778. The summed E-state index contributed by atoms with van der Waals surface area (Å²) in [4.78, 5) is 31.9. The molecule has 10 rings (SSSR count). The summed E-state index contributed by atoms with van der Waals surface area (Å²) in [5, 5.41) is 15.8. The predicted molar refractivity (Wildman–Crippen MR) is 78.6 cm³/mol. The monoisotopic (exact) mass is 347 g/mol.